The summed E-state index contributed by atoms with van der Waals surface area (Å²) in [6.45, 7) is 7.29. The first kappa shape index (κ1) is 17.2. The van der Waals surface area contributed by atoms with Gasteiger partial charge in [0, 0.05) is 11.3 Å². The van der Waals surface area contributed by atoms with E-state index in [2.05, 4.69) is 5.32 Å². The lowest BCUT2D eigenvalue weighted by Crippen LogP contribution is -2.18. The van der Waals surface area contributed by atoms with Crippen LogP contribution in [0.2, 0.25) is 0 Å². The predicted molar refractivity (Wildman–Crippen MR) is 91.2 cm³/mol. The van der Waals surface area contributed by atoms with Crippen LogP contribution < -0.4 is 10.5 Å². The Hall–Kier alpha value is -2.18. The highest BCUT2D eigenvalue weighted by Gasteiger charge is 2.18. The summed E-state index contributed by atoms with van der Waals surface area (Å²) in [5, 5.41) is 8.05. The van der Waals surface area contributed by atoms with Crippen molar-refractivity contribution in [3.63, 3.8) is 0 Å². The monoisotopic (exact) mass is 332 g/mol. The lowest BCUT2D eigenvalue weighted by molar-refractivity contribution is 0.102. The van der Waals surface area contributed by atoms with Crippen LogP contribution in [-0.4, -0.2) is 14.3 Å². The molecule has 2 aromatic carbocycles. The molecule has 2 aromatic rings. The molecule has 0 bridgehead atoms. The summed E-state index contributed by atoms with van der Waals surface area (Å²) in [4.78, 5) is 12.4. The molecular formula is C17H20N2O3S. The third-order valence-corrected chi connectivity index (χ3v) is 5.08. The van der Waals surface area contributed by atoms with Crippen LogP contribution in [-0.2, 0) is 10.0 Å². The van der Waals surface area contributed by atoms with Crippen molar-refractivity contribution < 1.29 is 13.2 Å². The van der Waals surface area contributed by atoms with Gasteiger partial charge in [0.1, 0.15) is 0 Å². The number of benzene rings is 2. The Labute approximate surface area is 136 Å². The number of carbonyl (C=O) groups excluding carboxylic acids is 1. The number of aryl methyl sites for hydroxylation is 2. The lowest BCUT2D eigenvalue weighted by atomic mass is 10.0. The largest absolute Gasteiger partial charge is 0.322 e. The maximum Gasteiger partial charge on any atom is 0.255 e. The van der Waals surface area contributed by atoms with E-state index in [9.17, 15) is 13.2 Å². The van der Waals surface area contributed by atoms with Crippen molar-refractivity contribution in [2.75, 3.05) is 5.32 Å². The molecule has 0 saturated carbocycles. The van der Waals surface area contributed by atoms with Crippen LogP contribution in [0, 0.1) is 27.7 Å². The summed E-state index contributed by atoms with van der Waals surface area (Å²) in [6, 6.07) is 8.60. The Morgan fingerprint density at radius 3 is 2.26 bits per heavy atom. The predicted octanol–water partition coefficient (Wildman–Crippen LogP) is 2.82. The van der Waals surface area contributed by atoms with Gasteiger partial charge < -0.3 is 5.32 Å². The average Bonchev–Trinajstić information content (AvgIpc) is 2.45. The van der Waals surface area contributed by atoms with Gasteiger partial charge in [-0.1, -0.05) is 12.1 Å². The van der Waals surface area contributed by atoms with Crippen molar-refractivity contribution in [1.82, 2.24) is 0 Å². The second-order valence-electron chi connectivity index (χ2n) is 5.66. The van der Waals surface area contributed by atoms with Gasteiger partial charge in [-0.15, -0.1) is 0 Å². The zero-order chi connectivity index (χ0) is 17.4. The van der Waals surface area contributed by atoms with Crippen LogP contribution in [0.15, 0.2) is 35.2 Å². The molecule has 0 aromatic heterocycles. The maximum atomic E-state index is 12.5. The summed E-state index contributed by atoms with van der Waals surface area (Å²) in [6.07, 6.45) is 0. The van der Waals surface area contributed by atoms with Crippen LogP contribution in [0.4, 0.5) is 5.69 Å². The Bertz CT molecular complexity index is 887. The topological polar surface area (TPSA) is 89.3 Å². The van der Waals surface area contributed by atoms with Crippen LogP contribution in [0.25, 0.3) is 0 Å². The van der Waals surface area contributed by atoms with Crippen LogP contribution in [0.3, 0.4) is 0 Å². The highest BCUT2D eigenvalue weighted by Crippen LogP contribution is 2.22. The van der Waals surface area contributed by atoms with E-state index in [-0.39, 0.29) is 16.4 Å². The molecule has 0 fully saturated rings. The molecule has 0 spiro atoms. The molecule has 23 heavy (non-hydrogen) atoms. The van der Waals surface area contributed by atoms with E-state index in [4.69, 9.17) is 5.14 Å². The number of hydrogen-bond acceptors (Lipinski definition) is 3. The smallest absolute Gasteiger partial charge is 0.255 e. The van der Waals surface area contributed by atoms with Crippen molar-refractivity contribution in [3.05, 3.63) is 58.1 Å². The maximum absolute atomic E-state index is 12.5. The number of nitrogens with one attached hydrogen (secondary N) is 1. The van der Waals surface area contributed by atoms with Crippen molar-refractivity contribution in [2.45, 2.75) is 32.6 Å². The van der Waals surface area contributed by atoms with Gasteiger partial charge >= 0.3 is 0 Å². The SMILES string of the molecule is Cc1cccc(NC(=O)c2cc(C)c(C)c(S(N)(=O)=O)c2)c1C. The highest BCUT2D eigenvalue weighted by molar-refractivity contribution is 7.89. The van der Waals surface area contributed by atoms with E-state index in [1.54, 1.807) is 19.9 Å². The first-order valence-electron chi connectivity index (χ1n) is 7.13. The van der Waals surface area contributed by atoms with Crippen molar-refractivity contribution in [3.8, 4) is 0 Å². The molecule has 0 atom stereocenters. The molecule has 1 amide bonds. The Morgan fingerprint density at radius 2 is 1.65 bits per heavy atom. The van der Waals surface area contributed by atoms with Gasteiger partial charge in [-0.3, -0.25) is 4.79 Å². The zero-order valence-corrected chi connectivity index (χ0v) is 14.4. The molecule has 0 heterocycles. The fourth-order valence-corrected chi connectivity index (χ4v) is 3.21. The fourth-order valence-electron chi connectivity index (χ4n) is 2.33. The van der Waals surface area contributed by atoms with Crippen molar-refractivity contribution >= 4 is 21.6 Å². The highest BCUT2D eigenvalue weighted by atomic mass is 32.2. The third-order valence-electron chi connectivity index (χ3n) is 4.04. The van der Waals surface area contributed by atoms with Gasteiger partial charge in [-0.2, -0.15) is 0 Å². The molecule has 5 nitrogen and oxygen atoms in total. The normalized spacial score (nSPS) is 11.3. The first-order chi connectivity index (χ1) is 10.6. The summed E-state index contributed by atoms with van der Waals surface area (Å²) in [5.74, 6) is -0.369. The minimum absolute atomic E-state index is 0.0244. The van der Waals surface area contributed by atoms with Gasteiger partial charge in [0.05, 0.1) is 4.90 Å². The number of sulfonamides is 1. The second-order valence-corrected chi connectivity index (χ2v) is 7.19. The van der Waals surface area contributed by atoms with Crippen molar-refractivity contribution in [1.29, 1.82) is 0 Å². The minimum atomic E-state index is -3.88. The molecule has 0 aliphatic carbocycles. The fraction of sp³-hybridized carbons (Fsp3) is 0.235. The molecule has 0 aliphatic rings. The van der Waals surface area contributed by atoms with E-state index in [1.165, 1.54) is 6.07 Å². The van der Waals surface area contributed by atoms with E-state index in [0.29, 0.717) is 16.8 Å². The van der Waals surface area contributed by atoms with Crippen LogP contribution in [0.1, 0.15) is 32.6 Å². The van der Waals surface area contributed by atoms with E-state index in [1.807, 2.05) is 32.0 Å². The molecule has 0 aliphatic heterocycles. The number of primary sulfonamides is 1. The summed E-state index contributed by atoms with van der Waals surface area (Å²) >= 11 is 0. The third kappa shape index (κ3) is 3.60. The van der Waals surface area contributed by atoms with Gasteiger partial charge in [-0.05, 0) is 68.1 Å². The molecule has 0 unspecified atom stereocenters. The Morgan fingerprint density at radius 1 is 1.00 bits per heavy atom. The van der Waals surface area contributed by atoms with E-state index in [0.717, 1.165) is 11.1 Å². The molecular weight excluding hydrogens is 312 g/mol. The summed E-state index contributed by atoms with van der Waals surface area (Å²) in [5.41, 5.74) is 4.24. The van der Waals surface area contributed by atoms with Gasteiger partial charge in [0.25, 0.3) is 5.91 Å². The molecule has 6 heteroatoms. The first-order valence-corrected chi connectivity index (χ1v) is 8.67. The molecule has 2 rings (SSSR count). The lowest BCUT2D eigenvalue weighted by Gasteiger charge is -2.13. The van der Waals surface area contributed by atoms with E-state index < -0.39 is 10.0 Å². The summed E-state index contributed by atoms with van der Waals surface area (Å²) in [7, 11) is -3.88. The number of rotatable bonds is 3. The molecule has 0 saturated heterocycles. The van der Waals surface area contributed by atoms with Crippen molar-refractivity contribution in [2.24, 2.45) is 5.14 Å². The average molecular weight is 332 g/mol. The number of nitrogens with two attached hydrogens (primary N) is 1. The number of amides is 1. The minimum Gasteiger partial charge on any atom is -0.322 e. The molecule has 3 N–H and O–H groups in total. The molecule has 0 radical (unpaired) electrons. The Balaban J connectivity index is 2.44. The van der Waals surface area contributed by atoms with Gasteiger partial charge in [0.2, 0.25) is 10.0 Å². The van der Waals surface area contributed by atoms with Crippen LogP contribution in [0.5, 0.6) is 0 Å². The zero-order valence-electron chi connectivity index (χ0n) is 13.6. The van der Waals surface area contributed by atoms with Gasteiger partial charge in [0.15, 0.2) is 0 Å². The number of hydrogen-bond donors (Lipinski definition) is 2. The molecule has 122 valence electrons. The van der Waals surface area contributed by atoms with E-state index >= 15 is 0 Å². The number of carbonyl (C=O) groups is 1. The Kier molecular flexibility index (Phi) is 4.58. The van der Waals surface area contributed by atoms with Gasteiger partial charge in [-0.25, -0.2) is 13.6 Å². The quantitative estimate of drug-likeness (QED) is 0.905. The summed E-state index contributed by atoms with van der Waals surface area (Å²) < 4.78 is 23.4. The second kappa shape index (κ2) is 6.14. The number of anilines is 1. The van der Waals surface area contributed by atoms with Crippen LogP contribution >= 0.6 is 0 Å². The standard InChI is InChI=1S/C17H20N2O3S/c1-10-6-5-7-15(12(10)3)19-17(20)14-8-11(2)13(4)16(9-14)23(18,21)22/h5-9H,1-4H3,(H,19,20)(H2,18,21,22).